The van der Waals surface area contributed by atoms with Gasteiger partial charge in [-0.2, -0.15) is 0 Å². The highest BCUT2D eigenvalue weighted by molar-refractivity contribution is 7.99. The maximum Gasteiger partial charge on any atom is 0.313 e. The van der Waals surface area contributed by atoms with Gasteiger partial charge in [0.25, 0.3) is 0 Å². The zero-order valence-corrected chi connectivity index (χ0v) is 12.8. The molecule has 0 heterocycles. The summed E-state index contributed by atoms with van der Waals surface area (Å²) in [6.45, 7) is 3.30. The molecule has 0 amide bonds. The monoisotopic (exact) mass is 314 g/mol. The summed E-state index contributed by atoms with van der Waals surface area (Å²) in [6.07, 6.45) is 0. The molecule has 1 N–H and O–H groups in total. The number of carboxylic acid groups (broad SMARTS) is 1. The first-order valence-corrected chi connectivity index (χ1v) is 8.01. The van der Waals surface area contributed by atoms with Crippen LogP contribution in [-0.4, -0.2) is 55.6 Å². The van der Waals surface area contributed by atoms with E-state index in [0.29, 0.717) is 45.4 Å². The summed E-state index contributed by atoms with van der Waals surface area (Å²) in [7, 11) is 0. The van der Waals surface area contributed by atoms with Gasteiger partial charge in [-0.3, -0.25) is 4.79 Å². The minimum atomic E-state index is -0.793. The number of aliphatic carboxylic acids is 1. The number of rotatable bonds is 13. The summed E-state index contributed by atoms with van der Waals surface area (Å²) in [5, 5.41) is 8.44. The molecule has 0 radical (unpaired) electrons. The van der Waals surface area contributed by atoms with Crippen LogP contribution in [-0.2, 0) is 25.6 Å². The van der Waals surface area contributed by atoms with Crippen molar-refractivity contribution in [3.63, 3.8) is 0 Å². The number of hydrogen-bond acceptors (Lipinski definition) is 5. The molecule has 5 nitrogen and oxygen atoms in total. The van der Waals surface area contributed by atoms with Crippen molar-refractivity contribution in [1.29, 1.82) is 0 Å². The Hall–Kier alpha value is -1.08. The van der Waals surface area contributed by atoms with Crippen molar-refractivity contribution in [1.82, 2.24) is 0 Å². The van der Waals surface area contributed by atoms with Crippen molar-refractivity contribution in [3.8, 4) is 0 Å². The Kier molecular flexibility index (Phi) is 10.8. The largest absolute Gasteiger partial charge is 0.481 e. The molecule has 0 aliphatic carbocycles. The molecule has 118 valence electrons. The standard InChI is InChI=1S/C15H22O5S/c16-15(17)13-21-11-10-19-7-6-18-8-9-20-12-14-4-2-1-3-5-14/h1-5H,6-13H2,(H,16,17). The lowest BCUT2D eigenvalue weighted by molar-refractivity contribution is -0.133. The predicted octanol–water partition coefficient (Wildman–Crippen LogP) is 2.05. The fourth-order valence-corrected chi connectivity index (χ4v) is 2.04. The van der Waals surface area contributed by atoms with E-state index < -0.39 is 5.97 Å². The van der Waals surface area contributed by atoms with Gasteiger partial charge < -0.3 is 19.3 Å². The number of thioether (sulfide) groups is 1. The van der Waals surface area contributed by atoms with Gasteiger partial charge in [0.05, 0.1) is 45.4 Å². The molecular weight excluding hydrogens is 292 g/mol. The predicted molar refractivity (Wildman–Crippen MR) is 82.7 cm³/mol. The molecule has 0 aromatic heterocycles. The molecule has 1 aromatic rings. The summed E-state index contributed by atoms with van der Waals surface area (Å²) in [5.74, 6) is 0.0179. The molecule has 0 aliphatic rings. The van der Waals surface area contributed by atoms with Crippen LogP contribution in [0.1, 0.15) is 5.56 Å². The smallest absolute Gasteiger partial charge is 0.313 e. The zero-order chi connectivity index (χ0) is 15.2. The van der Waals surface area contributed by atoms with Gasteiger partial charge in [-0.15, -0.1) is 11.8 Å². The van der Waals surface area contributed by atoms with Crippen LogP contribution in [0.5, 0.6) is 0 Å². The van der Waals surface area contributed by atoms with Crippen molar-refractivity contribution in [2.45, 2.75) is 6.61 Å². The van der Waals surface area contributed by atoms with E-state index in [2.05, 4.69) is 0 Å². The second-order valence-electron chi connectivity index (χ2n) is 4.21. The van der Waals surface area contributed by atoms with Gasteiger partial charge in [-0.1, -0.05) is 30.3 Å². The Balaban J connectivity index is 1.78. The molecular formula is C15H22O5S. The number of carboxylic acids is 1. The van der Waals surface area contributed by atoms with E-state index in [1.165, 1.54) is 11.8 Å². The molecule has 0 spiro atoms. The van der Waals surface area contributed by atoms with Gasteiger partial charge in [0.1, 0.15) is 0 Å². The SMILES string of the molecule is O=C(O)CSCCOCCOCCOCc1ccccc1. The fourth-order valence-electron chi connectivity index (χ4n) is 1.48. The maximum atomic E-state index is 10.3. The first-order chi connectivity index (χ1) is 10.3. The quantitative estimate of drug-likeness (QED) is 0.562. The van der Waals surface area contributed by atoms with E-state index in [4.69, 9.17) is 19.3 Å². The van der Waals surface area contributed by atoms with Gasteiger partial charge >= 0.3 is 5.97 Å². The van der Waals surface area contributed by atoms with Crippen LogP contribution in [0.4, 0.5) is 0 Å². The molecule has 0 fully saturated rings. The van der Waals surface area contributed by atoms with E-state index in [9.17, 15) is 4.79 Å². The zero-order valence-electron chi connectivity index (χ0n) is 12.0. The summed E-state index contributed by atoms with van der Waals surface area (Å²) >= 11 is 1.35. The highest BCUT2D eigenvalue weighted by atomic mass is 32.2. The van der Waals surface area contributed by atoms with Crippen LogP contribution in [0, 0.1) is 0 Å². The third kappa shape index (κ3) is 11.3. The van der Waals surface area contributed by atoms with Gasteiger partial charge in [-0.25, -0.2) is 0 Å². The first-order valence-electron chi connectivity index (χ1n) is 6.85. The molecule has 0 atom stereocenters. The molecule has 0 saturated carbocycles. The molecule has 0 unspecified atom stereocenters. The van der Waals surface area contributed by atoms with Crippen molar-refractivity contribution >= 4 is 17.7 Å². The number of benzene rings is 1. The van der Waals surface area contributed by atoms with Crippen LogP contribution in [0.3, 0.4) is 0 Å². The summed E-state index contributed by atoms with van der Waals surface area (Å²) in [6, 6.07) is 10.0. The Morgan fingerprint density at radius 2 is 1.57 bits per heavy atom. The Bertz CT molecular complexity index is 372. The summed E-state index contributed by atoms with van der Waals surface area (Å²) in [5.41, 5.74) is 1.15. The highest BCUT2D eigenvalue weighted by Crippen LogP contribution is 2.00. The van der Waals surface area contributed by atoms with Crippen LogP contribution in [0.15, 0.2) is 30.3 Å². The molecule has 0 bridgehead atoms. The van der Waals surface area contributed by atoms with E-state index >= 15 is 0 Å². The van der Waals surface area contributed by atoms with Gasteiger partial charge in [-0.05, 0) is 5.56 Å². The van der Waals surface area contributed by atoms with Gasteiger partial charge in [0.15, 0.2) is 0 Å². The van der Waals surface area contributed by atoms with Crippen molar-refractivity contribution in [2.75, 3.05) is 44.5 Å². The minimum absolute atomic E-state index is 0.124. The Morgan fingerprint density at radius 3 is 2.24 bits per heavy atom. The molecule has 1 rings (SSSR count). The van der Waals surface area contributed by atoms with Gasteiger partial charge in [0, 0.05) is 5.75 Å². The lowest BCUT2D eigenvalue weighted by Gasteiger charge is -2.06. The fraction of sp³-hybridized carbons (Fsp3) is 0.533. The van der Waals surface area contributed by atoms with E-state index in [1.54, 1.807) is 0 Å². The molecule has 21 heavy (non-hydrogen) atoms. The number of ether oxygens (including phenoxy) is 3. The second kappa shape index (κ2) is 12.6. The van der Waals surface area contributed by atoms with E-state index in [1.807, 2.05) is 30.3 Å². The summed E-state index contributed by atoms with van der Waals surface area (Å²) < 4.78 is 16.2. The molecule has 1 aromatic carbocycles. The van der Waals surface area contributed by atoms with Gasteiger partial charge in [0.2, 0.25) is 0 Å². The lowest BCUT2D eigenvalue weighted by atomic mass is 10.2. The number of hydrogen-bond donors (Lipinski definition) is 1. The van der Waals surface area contributed by atoms with Crippen LogP contribution in [0.25, 0.3) is 0 Å². The topological polar surface area (TPSA) is 65.0 Å². The second-order valence-corrected chi connectivity index (χ2v) is 5.31. The third-order valence-corrected chi connectivity index (χ3v) is 3.36. The molecule has 0 aliphatic heterocycles. The van der Waals surface area contributed by atoms with Crippen LogP contribution in [0.2, 0.25) is 0 Å². The van der Waals surface area contributed by atoms with Crippen molar-refractivity contribution < 1.29 is 24.1 Å². The summed E-state index contributed by atoms with van der Waals surface area (Å²) in [4.78, 5) is 10.3. The maximum absolute atomic E-state index is 10.3. The highest BCUT2D eigenvalue weighted by Gasteiger charge is 1.97. The minimum Gasteiger partial charge on any atom is -0.481 e. The lowest BCUT2D eigenvalue weighted by Crippen LogP contribution is -2.10. The third-order valence-electron chi connectivity index (χ3n) is 2.45. The van der Waals surface area contributed by atoms with E-state index in [-0.39, 0.29) is 5.75 Å². The average molecular weight is 314 g/mol. The Labute approximate surface area is 129 Å². The van der Waals surface area contributed by atoms with E-state index in [0.717, 1.165) is 5.56 Å². The average Bonchev–Trinajstić information content (AvgIpc) is 2.49. The Morgan fingerprint density at radius 1 is 0.952 bits per heavy atom. The normalized spacial score (nSPS) is 10.7. The molecule has 0 saturated heterocycles. The van der Waals surface area contributed by atoms with Crippen molar-refractivity contribution in [3.05, 3.63) is 35.9 Å². The first kappa shape index (κ1) is 18.0. The molecule has 6 heteroatoms. The van der Waals surface area contributed by atoms with Crippen LogP contribution < -0.4 is 0 Å². The van der Waals surface area contributed by atoms with Crippen molar-refractivity contribution in [2.24, 2.45) is 0 Å². The van der Waals surface area contributed by atoms with Crippen LogP contribution >= 0.6 is 11.8 Å². The number of carbonyl (C=O) groups is 1.